The molecule has 110 valence electrons. The lowest BCUT2D eigenvalue weighted by molar-refractivity contribution is 1.15. The molecule has 0 amide bonds. The predicted octanol–water partition coefficient (Wildman–Crippen LogP) is 4.38. The van der Waals surface area contributed by atoms with Crippen molar-refractivity contribution in [3.63, 3.8) is 0 Å². The van der Waals surface area contributed by atoms with Gasteiger partial charge in [0, 0.05) is 11.8 Å². The van der Waals surface area contributed by atoms with Crippen LogP contribution in [-0.2, 0) is 0 Å². The van der Waals surface area contributed by atoms with E-state index in [1.165, 1.54) is 0 Å². The number of aromatic nitrogens is 3. The van der Waals surface area contributed by atoms with E-state index in [9.17, 15) is 5.26 Å². The summed E-state index contributed by atoms with van der Waals surface area (Å²) in [5.41, 5.74) is 5.08. The molecule has 0 bridgehead atoms. The number of imidazole rings is 1. The maximum absolute atomic E-state index is 9.69. The van der Waals surface area contributed by atoms with Gasteiger partial charge in [0.05, 0.1) is 10.5 Å². The number of fused-ring (bicyclic) bond motifs is 3. The molecule has 0 aliphatic rings. The number of nitriles is 1. The molecule has 0 unspecified atom stereocenters. The number of rotatable bonds is 1. The van der Waals surface area contributed by atoms with E-state index in [4.69, 9.17) is 11.6 Å². The highest BCUT2D eigenvalue weighted by atomic mass is 35.5. The van der Waals surface area contributed by atoms with Crippen molar-refractivity contribution in [1.29, 1.82) is 5.26 Å². The second-order valence-electron chi connectivity index (χ2n) is 5.26. The predicted molar refractivity (Wildman–Crippen MR) is 90.4 cm³/mol. The average molecular weight is 319 g/mol. The number of nitrogens with zero attached hydrogens (tertiary/aromatic N) is 4. The van der Waals surface area contributed by atoms with Crippen LogP contribution >= 0.6 is 11.6 Å². The van der Waals surface area contributed by atoms with Gasteiger partial charge in [-0.1, -0.05) is 41.9 Å². The maximum Gasteiger partial charge on any atom is 0.178 e. The fourth-order valence-electron chi connectivity index (χ4n) is 2.93. The van der Waals surface area contributed by atoms with Gasteiger partial charge < -0.3 is 0 Å². The summed E-state index contributed by atoms with van der Waals surface area (Å²) in [6.07, 6.45) is 1.68. The van der Waals surface area contributed by atoms with E-state index in [0.29, 0.717) is 22.0 Å². The van der Waals surface area contributed by atoms with Crippen LogP contribution in [0.3, 0.4) is 0 Å². The van der Waals surface area contributed by atoms with Crippen molar-refractivity contribution >= 4 is 28.4 Å². The van der Waals surface area contributed by atoms with Crippen LogP contribution in [0.2, 0.25) is 5.02 Å². The van der Waals surface area contributed by atoms with Gasteiger partial charge in [-0.05, 0) is 30.2 Å². The van der Waals surface area contributed by atoms with Crippen LogP contribution in [0.25, 0.3) is 27.9 Å². The number of pyridine rings is 2. The summed E-state index contributed by atoms with van der Waals surface area (Å²) in [5, 5.41) is 10.2. The zero-order valence-electron chi connectivity index (χ0n) is 12.3. The molecule has 3 heterocycles. The Bertz CT molecular complexity index is 1090. The Balaban J connectivity index is 2.23. The average Bonchev–Trinajstić information content (AvgIpc) is 2.96. The largest absolute Gasteiger partial charge is 0.280 e. The second-order valence-corrected chi connectivity index (χ2v) is 5.64. The van der Waals surface area contributed by atoms with Gasteiger partial charge >= 0.3 is 0 Å². The molecule has 0 aliphatic carbocycles. The molecular formula is C18H11ClN4. The monoisotopic (exact) mass is 318 g/mol. The highest BCUT2D eigenvalue weighted by Crippen LogP contribution is 2.37. The number of hydrogen-bond acceptors (Lipinski definition) is 3. The molecular weight excluding hydrogens is 308 g/mol. The molecule has 4 rings (SSSR count). The summed E-state index contributed by atoms with van der Waals surface area (Å²) in [6, 6.07) is 15.8. The molecule has 0 fully saturated rings. The van der Waals surface area contributed by atoms with Gasteiger partial charge in [0.15, 0.2) is 11.3 Å². The van der Waals surface area contributed by atoms with Crippen molar-refractivity contribution in [2.75, 3.05) is 0 Å². The summed E-state index contributed by atoms with van der Waals surface area (Å²) in [4.78, 5) is 8.79. The van der Waals surface area contributed by atoms with Gasteiger partial charge in [-0.15, -0.1) is 0 Å². The van der Waals surface area contributed by atoms with E-state index in [2.05, 4.69) is 16.0 Å². The number of benzene rings is 1. The maximum atomic E-state index is 9.69. The van der Waals surface area contributed by atoms with Gasteiger partial charge in [-0.25, -0.2) is 9.97 Å². The van der Waals surface area contributed by atoms with Crippen LogP contribution in [0.4, 0.5) is 0 Å². The Kier molecular flexibility index (Phi) is 3.03. The molecule has 4 nitrogen and oxygen atoms in total. The Morgan fingerprint density at radius 1 is 1.13 bits per heavy atom. The molecule has 0 radical (unpaired) electrons. The van der Waals surface area contributed by atoms with Gasteiger partial charge in [0.25, 0.3) is 0 Å². The zero-order valence-corrected chi connectivity index (χ0v) is 13.0. The Morgan fingerprint density at radius 3 is 2.65 bits per heavy atom. The van der Waals surface area contributed by atoms with Crippen LogP contribution in [0.5, 0.6) is 0 Å². The van der Waals surface area contributed by atoms with Gasteiger partial charge in [0.2, 0.25) is 0 Å². The molecule has 0 aliphatic heterocycles. The Labute approximate surface area is 137 Å². The summed E-state index contributed by atoms with van der Waals surface area (Å²) < 4.78 is 1.78. The minimum absolute atomic E-state index is 0.527. The van der Waals surface area contributed by atoms with E-state index >= 15 is 0 Å². The molecule has 0 atom stereocenters. The fourth-order valence-corrected chi connectivity index (χ4v) is 3.31. The molecule has 0 saturated carbocycles. The molecule has 3 aromatic heterocycles. The topological polar surface area (TPSA) is 54.0 Å². The third-order valence-corrected chi connectivity index (χ3v) is 4.33. The van der Waals surface area contributed by atoms with Gasteiger partial charge in [-0.3, -0.25) is 4.40 Å². The molecule has 1 aromatic carbocycles. The van der Waals surface area contributed by atoms with Crippen LogP contribution in [0.1, 0.15) is 11.3 Å². The quantitative estimate of drug-likeness (QED) is 0.523. The third-order valence-electron chi connectivity index (χ3n) is 3.97. The fraction of sp³-hybridized carbons (Fsp3) is 0.0556. The minimum atomic E-state index is 0.527. The van der Waals surface area contributed by atoms with Gasteiger partial charge in [0.1, 0.15) is 11.8 Å². The molecule has 4 aromatic rings. The SMILES string of the molecule is Cc1c(-c2ccccc2)c(Cl)c2nc3ncccc3n2c1C#N. The Hall–Kier alpha value is -2.90. The normalized spacial score (nSPS) is 11.0. The van der Waals surface area contributed by atoms with E-state index in [1.807, 2.05) is 49.4 Å². The van der Waals surface area contributed by atoms with Crippen LogP contribution < -0.4 is 0 Å². The van der Waals surface area contributed by atoms with Crippen molar-refractivity contribution in [3.05, 3.63) is 64.9 Å². The van der Waals surface area contributed by atoms with Crippen molar-refractivity contribution in [1.82, 2.24) is 14.4 Å². The number of hydrogen-bond donors (Lipinski definition) is 0. The summed E-state index contributed by atoms with van der Waals surface area (Å²) in [5.74, 6) is 0. The molecule has 5 heteroatoms. The lowest BCUT2D eigenvalue weighted by Gasteiger charge is -2.13. The van der Waals surface area contributed by atoms with Crippen LogP contribution in [-0.4, -0.2) is 14.4 Å². The van der Waals surface area contributed by atoms with Crippen LogP contribution in [0.15, 0.2) is 48.7 Å². The Morgan fingerprint density at radius 2 is 1.91 bits per heavy atom. The molecule has 0 N–H and O–H groups in total. The molecule has 23 heavy (non-hydrogen) atoms. The minimum Gasteiger partial charge on any atom is -0.280 e. The van der Waals surface area contributed by atoms with E-state index in [0.717, 1.165) is 22.2 Å². The molecule has 0 saturated heterocycles. The van der Waals surface area contributed by atoms with Crippen molar-refractivity contribution in [2.24, 2.45) is 0 Å². The highest BCUT2D eigenvalue weighted by Gasteiger charge is 2.20. The first-order valence-electron chi connectivity index (χ1n) is 7.13. The van der Waals surface area contributed by atoms with E-state index in [-0.39, 0.29) is 0 Å². The summed E-state index contributed by atoms with van der Waals surface area (Å²) in [6.45, 7) is 1.91. The lowest BCUT2D eigenvalue weighted by Crippen LogP contribution is -2.00. The van der Waals surface area contributed by atoms with Crippen molar-refractivity contribution < 1.29 is 0 Å². The third kappa shape index (κ3) is 1.91. The van der Waals surface area contributed by atoms with Crippen molar-refractivity contribution in [2.45, 2.75) is 6.92 Å². The highest BCUT2D eigenvalue weighted by molar-refractivity contribution is 6.36. The lowest BCUT2D eigenvalue weighted by atomic mass is 10.00. The number of halogens is 1. The first kappa shape index (κ1) is 13.7. The van der Waals surface area contributed by atoms with Crippen molar-refractivity contribution in [3.8, 4) is 17.2 Å². The molecule has 0 spiro atoms. The summed E-state index contributed by atoms with van der Waals surface area (Å²) in [7, 11) is 0. The first-order chi connectivity index (χ1) is 11.2. The van der Waals surface area contributed by atoms with E-state index in [1.54, 1.807) is 10.6 Å². The standard InChI is InChI=1S/C18H11ClN4/c1-11-14(10-20)23-13-8-5-9-21-17(13)22-18(23)16(19)15(11)12-6-3-2-4-7-12/h2-9H,1H3. The first-order valence-corrected chi connectivity index (χ1v) is 7.51. The zero-order chi connectivity index (χ0) is 16.0. The van der Waals surface area contributed by atoms with E-state index < -0.39 is 0 Å². The van der Waals surface area contributed by atoms with Crippen LogP contribution in [0, 0.1) is 18.3 Å². The van der Waals surface area contributed by atoms with Gasteiger partial charge in [-0.2, -0.15) is 5.26 Å². The summed E-state index contributed by atoms with van der Waals surface area (Å²) >= 11 is 6.66. The smallest absolute Gasteiger partial charge is 0.178 e. The second kappa shape index (κ2) is 5.08.